The van der Waals surface area contributed by atoms with Crippen LogP contribution in [0.5, 0.6) is 0 Å². The Hall–Kier alpha value is -1.58. The van der Waals surface area contributed by atoms with Crippen molar-refractivity contribution in [2.24, 2.45) is 0 Å². The number of nitrogens with zero attached hydrogens (tertiary/aromatic N) is 2. The number of sulfonamides is 1. The first-order valence-corrected chi connectivity index (χ1v) is 8.53. The van der Waals surface area contributed by atoms with Crippen molar-refractivity contribution in [1.29, 1.82) is 0 Å². The summed E-state index contributed by atoms with van der Waals surface area (Å²) in [5.74, 6) is -0.354. The highest BCUT2D eigenvalue weighted by molar-refractivity contribution is 7.91. The van der Waals surface area contributed by atoms with E-state index in [9.17, 15) is 12.8 Å². The molecule has 0 fully saturated rings. The lowest BCUT2D eigenvalue weighted by Gasteiger charge is -2.06. The SMILES string of the molecule is CCc1ncnc(NCc2ccc(S(=O)(=O)NC)s2)c1F. The Labute approximate surface area is 126 Å². The van der Waals surface area contributed by atoms with Gasteiger partial charge in [0.1, 0.15) is 10.5 Å². The van der Waals surface area contributed by atoms with E-state index in [4.69, 9.17) is 0 Å². The zero-order valence-electron chi connectivity index (χ0n) is 11.6. The molecule has 2 aromatic rings. The van der Waals surface area contributed by atoms with Crippen molar-refractivity contribution in [1.82, 2.24) is 14.7 Å². The third kappa shape index (κ3) is 3.55. The summed E-state index contributed by atoms with van der Waals surface area (Å²) in [7, 11) is -2.08. The molecule has 0 saturated carbocycles. The van der Waals surface area contributed by atoms with Gasteiger partial charge in [0.2, 0.25) is 10.0 Å². The molecule has 0 radical (unpaired) electrons. The van der Waals surface area contributed by atoms with E-state index in [1.54, 1.807) is 6.07 Å². The number of halogens is 1. The van der Waals surface area contributed by atoms with Gasteiger partial charge < -0.3 is 5.32 Å². The quantitative estimate of drug-likeness (QED) is 0.843. The van der Waals surface area contributed by atoms with Gasteiger partial charge in [0.05, 0.1) is 12.2 Å². The second kappa shape index (κ2) is 6.46. The molecule has 2 rings (SSSR count). The van der Waals surface area contributed by atoms with Crippen LogP contribution >= 0.6 is 11.3 Å². The van der Waals surface area contributed by atoms with Crippen molar-refractivity contribution in [2.75, 3.05) is 12.4 Å². The minimum Gasteiger partial charge on any atom is -0.363 e. The second-order valence-electron chi connectivity index (χ2n) is 4.12. The number of nitrogens with one attached hydrogen (secondary N) is 2. The fraction of sp³-hybridized carbons (Fsp3) is 0.333. The molecular weight excluding hydrogens is 315 g/mol. The van der Waals surface area contributed by atoms with E-state index in [0.717, 1.165) is 16.2 Å². The molecule has 6 nitrogen and oxygen atoms in total. The highest BCUT2D eigenvalue weighted by atomic mass is 32.2. The Morgan fingerprint density at radius 2 is 2.10 bits per heavy atom. The lowest BCUT2D eigenvalue weighted by Crippen LogP contribution is -2.17. The first kappa shape index (κ1) is 15.8. The summed E-state index contributed by atoms with van der Waals surface area (Å²) in [5, 5.41) is 2.86. The molecule has 0 amide bonds. The van der Waals surface area contributed by atoms with Crippen LogP contribution in [0.15, 0.2) is 22.7 Å². The molecule has 0 aliphatic heterocycles. The van der Waals surface area contributed by atoms with Crippen molar-refractivity contribution in [3.05, 3.63) is 34.8 Å². The minimum atomic E-state index is -3.44. The number of aromatic nitrogens is 2. The van der Waals surface area contributed by atoms with E-state index in [0.29, 0.717) is 18.7 Å². The molecule has 2 aromatic heterocycles. The molecule has 0 bridgehead atoms. The van der Waals surface area contributed by atoms with Crippen LogP contribution in [0.25, 0.3) is 0 Å². The van der Waals surface area contributed by atoms with E-state index in [1.165, 1.54) is 19.4 Å². The first-order chi connectivity index (χ1) is 9.97. The normalized spacial score (nSPS) is 11.6. The third-order valence-electron chi connectivity index (χ3n) is 2.80. The first-order valence-electron chi connectivity index (χ1n) is 6.23. The van der Waals surface area contributed by atoms with E-state index < -0.39 is 15.8 Å². The van der Waals surface area contributed by atoms with Crippen LogP contribution in [0.3, 0.4) is 0 Å². The lowest BCUT2D eigenvalue weighted by molar-refractivity contribution is 0.590. The van der Waals surface area contributed by atoms with Gasteiger partial charge in [-0.25, -0.2) is 27.5 Å². The topological polar surface area (TPSA) is 84.0 Å². The Bertz CT molecular complexity index is 731. The average Bonchev–Trinajstić information content (AvgIpc) is 2.96. The molecule has 0 atom stereocenters. The summed E-state index contributed by atoms with van der Waals surface area (Å²) in [6.45, 7) is 2.10. The fourth-order valence-corrected chi connectivity index (χ4v) is 3.78. The van der Waals surface area contributed by atoms with Gasteiger partial charge in [-0.1, -0.05) is 6.92 Å². The van der Waals surface area contributed by atoms with E-state index in [1.807, 2.05) is 6.92 Å². The van der Waals surface area contributed by atoms with E-state index in [-0.39, 0.29) is 10.0 Å². The standard InChI is InChI=1S/C12H15FN4O2S2/c1-3-9-11(13)12(17-7-16-9)15-6-8-4-5-10(20-8)21(18,19)14-2/h4-5,7,14H,3,6H2,1-2H3,(H,15,16,17). The highest BCUT2D eigenvalue weighted by Crippen LogP contribution is 2.22. The van der Waals surface area contributed by atoms with Crippen LogP contribution in [-0.2, 0) is 23.0 Å². The summed E-state index contributed by atoms with van der Waals surface area (Å²) >= 11 is 1.12. The molecule has 2 N–H and O–H groups in total. The lowest BCUT2D eigenvalue weighted by atomic mass is 10.3. The van der Waals surface area contributed by atoms with Gasteiger partial charge in [0.15, 0.2) is 11.6 Å². The molecular formula is C12H15FN4O2S2. The van der Waals surface area contributed by atoms with Gasteiger partial charge in [-0.05, 0) is 25.6 Å². The Kier molecular flexibility index (Phi) is 4.86. The Morgan fingerprint density at radius 1 is 1.33 bits per heavy atom. The molecule has 21 heavy (non-hydrogen) atoms. The van der Waals surface area contributed by atoms with Crippen molar-refractivity contribution >= 4 is 27.2 Å². The van der Waals surface area contributed by atoms with Crippen LogP contribution < -0.4 is 10.0 Å². The predicted molar refractivity (Wildman–Crippen MR) is 79.3 cm³/mol. The Balaban J connectivity index is 2.11. The van der Waals surface area contributed by atoms with Crippen molar-refractivity contribution in [3.63, 3.8) is 0 Å². The van der Waals surface area contributed by atoms with Crippen molar-refractivity contribution < 1.29 is 12.8 Å². The van der Waals surface area contributed by atoms with Gasteiger partial charge in [-0.15, -0.1) is 11.3 Å². The van der Waals surface area contributed by atoms with Crippen LogP contribution in [0.2, 0.25) is 0 Å². The smallest absolute Gasteiger partial charge is 0.249 e. The van der Waals surface area contributed by atoms with Crippen LogP contribution in [0.1, 0.15) is 17.5 Å². The second-order valence-corrected chi connectivity index (χ2v) is 7.40. The zero-order valence-corrected chi connectivity index (χ0v) is 13.2. The molecule has 9 heteroatoms. The number of rotatable bonds is 6. The monoisotopic (exact) mass is 330 g/mol. The Morgan fingerprint density at radius 3 is 2.76 bits per heavy atom. The van der Waals surface area contributed by atoms with E-state index >= 15 is 0 Å². The number of anilines is 1. The van der Waals surface area contributed by atoms with Crippen LogP contribution in [0.4, 0.5) is 10.2 Å². The molecule has 0 aromatic carbocycles. The largest absolute Gasteiger partial charge is 0.363 e. The molecule has 114 valence electrons. The summed E-state index contributed by atoms with van der Waals surface area (Å²) in [6.07, 6.45) is 1.78. The number of aryl methyl sites for hydroxylation is 1. The van der Waals surface area contributed by atoms with Gasteiger partial charge in [0, 0.05) is 4.88 Å². The van der Waals surface area contributed by atoms with Crippen molar-refractivity contribution in [2.45, 2.75) is 24.1 Å². The molecule has 0 aliphatic rings. The molecule has 0 saturated heterocycles. The maximum absolute atomic E-state index is 13.9. The summed E-state index contributed by atoms with van der Waals surface area (Å²) in [6, 6.07) is 3.20. The average molecular weight is 330 g/mol. The molecule has 0 spiro atoms. The zero-order chi connectivity index (χ0) is 15.5. The molecule has 0 aliphatic carbocycles. The maximum atomic E-state index is 13.9. The van der Waals surface area contributed by atoms with Gasteiger partial charge >= 0.3 is 0 Å². The number of hydrogen-bond donors (Lipinski definition) is 2. The third-order valence-corrected chi connectivity index (χ3v) is 5.79. The predicted octanol–water partition coefficient (Wildman–Crippen LogP) is 1.76. The highest BCUT2D eigenvalue weighted by Gasteiger charge is 2.15. The fourth-order valence-electron chi connectivity index (χ4n) is 1.65. The maximum Gasteiger partial charge on any atom is 0.249 e. The van der Waals surface area contributed by atoms with Gasteiger partial charge in [-0.3, -0.25) is 0 Å². The van der Waals surface area contributed by atoms with Crippen LogP contribution in [0, 0.1) is 5.82 Å². The van der Waals surface area contributed by atoms with Crippen molar-refractivity contribution in [3.8, 4) is 0 Å². The summed E-state index contributed by atoms with van der Waals surface area (Å²) in [5.41, 5.74) is 0.345. The van der Waals surface area contributed by atoms with Gasteiger partial charge in [0.25, 0.3) is 0 Å². The molecule has 2 heterocycles. The summed E-state index contributed by atoms with van der Waals surface area (Å²) < 4.78 is 39.7. The van der Waals surface area contributed by atoms with E-state index in [2.05, 4.69) is 20.0 Å². The number of hydrogen-bond acceptors (Lipinski definition) is 6. The van der Waals surface area contributed by atoms with Gasteiger partial charge in [-0.2, -0.15) is 0 Å². The minimum absolute atomic E-state index is 0.119. The number of thiophene rings is 1. The van der Waals surface area contributed by atoms with Crippen LogP contribution in [-0.4, -0.2) is 25.4 Å². The molecule has 0 unspecified atom stereocenters. The summed E-state index contributed by atoms with van der Waals surface area (Å²) in [4.78, 5) is 8.46.